The Hall–Kier alpha value is -0.370. The fourth-order valence-electron chi connectivity index (χ4n) is 1.20. The van der Waals surface area contributed by atoms with Crippen molar-refractivity contribution >= 4 is 11.8 Å². The van der Waals surface area contributed by atoms with Gasteiger partial charge in [-0.25, -0.2) is 0 Å². The van der Waals surface area contributed by atoms with Crippen LogP contribution in [0.1, 0.15) is 19.4 Å². The van der Waals surface area contributed by atoms with Crippen LogP contribution in [0.5, 0.6) is 0 Å². The highest BCUT2D eigenvalue weighted by atomic mass is 32.2. The van der Waals surface area contributed by atoms with Gasteiger partial charge in [0, 0.05) is 24.2 Å². The average molecular weight is 169 g/mol. The predicted octanol–water partition coefficient (Wildman–Crippen LogP) is 2.80. The minimum atomic E-state index is 0.681. The standard InChI is InChI=1S/C9H15NS/c1-3-9(8-11-2)10-6-4-5-7-10/h4-7,9H,3,8H2,1-2H3. The van der Waals surface area contributed by atoms with E-state index in [0.717, 1.165) is 0 Å². The van der Waals surface area contributed by atoms with Crippen molar-refractivity contribution in [3.63, 3.8) is 0 Å². The van der Waals surface area contributed by atoms with E-state index in [0.29, 0.717) is 6.04 Å². The molecule has 1 atom stereocenters. The molecule has 0 aliphatic carbocycles. The van der Waals surface area contributed by atoms with Crippen LogP contribution >= 0.6 is 11.8 Å². The van der Waals surface area contributed by atoms with Crippen LogP contribution in [0.2, 0.25) is 0 Å². The second-order valence-corrected chi connectivity index (χ2v) is 3.56. The molecule has 1 nitrogen and oxygen atoms in total. The Kier molecular flexibility index (Phi) is 3.57. The number of hydrogen-bond donors (Lipinski definition) is 0. The van der Waals surface area contributed by atoms with Gasteiger partial charge in [-0.05, 0) is 24.8 Å². The van der Waals surface area contributed by atoms with Crippen molar-refractivity contribution in [3.8, 4) is 0 Å². The molecule has 0 aliphatic heterocycles. The molecule has 11 heavy (non-hydrogen) atoms. The highest BCUT2D eigenvalue weighted by Gasteiger charge is 2.04. The number of hydrogen-bond acceptors (Lipinski definition) is 1. The monoisotopic (exact) mass is 169 g/mol. The summed E-state index contributed by atoms with van der Waals surface area (Å²) in [5.74, 6) is 1.21. The Balaban J connectivity index is 2.56. The van der Waals surface area contributed by atoms with Crippen LogP contribution in [0.4, 0.5) is 0 Å². The number of thioether (sulfide) groups is 1. The van der Waals surface area contributed by atoms with Gasteiger partial charge in [-0.1, -0.05) is 6.92 Å². The number of aromatic nitrogens is 1. The third kappa shape index (κ3) is 2.29. The van der Waals surface area contributed by atoms with E-state index in [1.165, 1.54) is 12.2 Å². The zero-order valence-corrected chi connectivity index (χ0v) is 7.97. The molecule has 0 bridgehead atoms. The molecule has 1 rings (SSSR count). The van der Waals surface area contributed by atoms with Crippen molar-refractivity contribution in [3.05, 3.63) is 24.5 Å². The molecule has 1 heterocycles. The maximum Gasteiger partial charge on any atom is 0.0418 e. The second kappa shape index (κ2) is 4.50. The fourth-order valence-corrected chi connectivity index (χ4v) is 1.99. The summed E-state index contributed by atoms with van der Waals surface area (Å²) in [4.78, 5) is 0. The van der Waals surface area contributed by atoms with Crippen LogP contribution in [-0.2, 0) is 0 Å². The van der Waals surface area contributed by atoms with E-state index < -0.39 is 0 Å². The van der Waals surface area contributed by atoms with Crippen molar-refractivity contribution in [2.75, 3.05) is 12.0 Å². The lowest BCUT2D eigenvalue weighted by atomic mass is 10.2. The van der Waals surface area contributed by atoms with Gasteiger partial charge in [0.1, 0.15) is 0 Å². The number of nitrogens with zero attached hydrogens (tertiary/aromatic N) is 1. The lowest BCUT2D eigenvalue weighted by molar-refractivity contribution is 0.542. The summed E-state index contributed by atoms with van der Waals surface area (Å²) in [6, 6.07) is 4.85. The molecule has 0 saturated heterocycles. The SMILES string of the molecule is CCC(CSC)n1cccc1. The first-order valence-electron chi connectivity index (χ1n) is 4.00. The van der Waals surface area contributed by atoms with Crippen molar-refractivity contribution in [2.24, 2.45) is 0 Å². The molecular formula is C9H15NS. The molecule has 1 unspecified atom stereocenters. The molecule has 2 heteroatoms. The first kappa shape index (κ1) is 8.72. The van der Waals surface area contributed by atoms with Crippen molar-refractivity contribution in [1.82, 2.24) is 4.57 Å². The highest BCUT2D eigenvalue weighted by Crippen LogP contribution is 2.15. The van der Waals surface area contributed by atoms with Crippen LogP contribution in [0, 0.1) is 0 Å². The maximum absolute atomic E-state index is 2.29. The first-order valence-corrected chi connectivity index (χ1v) is 5.39. The van der Waals surface area contributed by atoms with Crippen LogP contribution in [-0.4, -0.2) is 16.6 Å². The third-order valence-electron chi connectivity index (χ3n) is 1.88. The van der Waals surface area contributed by atoms with E-state index in [1.807, 2.05) is 11.8 Å². The van der Waals surface area contributed by atoms with Gasteiger partial charge in [-0.15, -0.1) is 0 Å². The number of rotatable bonds is 4. The summed E-state index contributed by atoms with van der Waals surface area (Å²) in [6.07, 6.45) is 7.66. The normalized spacial score (nSPS) is 13.3. The Bertz CT molecular complexity index is 181. The molecule has 0 spiro atoms. The van der Waals surface area contributed by atoms with Crippen LogP contribution in [0.15, 0.2) is 24.5 Å². The van der Waals surface area contributed by atoms with Crippen molar-refractivity contribution in [2.45, 2.75) is 19.4 Å². The topological polar surface area (TPSA) is 4.93 Å². The summed E-state index contributed by atoms with van der Waals surface area (Å²) >= 11 is 1.91. The third-order valence-corrected chi connectivity index (χ3v) is 2.60. The molecule has 0 saturated carbocycles. The van der Waals surface area contributed by atoms with Gasteiger partial charge in [0.15, 0.2) is 0 Å². The lowest BCUT2D eigenvalue weighted by Crippen LogP contribution is -2.07. The quantitative estimate of drug-likeness (QED) is 0.671. The highest BCUT2D eigenvalue weighted by molar-refractivity contribution is 7.98. The van der Waals surface area contributed by atoms with Crippen molar-refractivity contribution in [1.29, 1.82) is 0 Å². The van der Waals surface area contributed by atoms with Gasteiger partial charge < -0.3 is 4.57 Å². The van der Waals surface area contributed by atoms with Gasteiger partial charge in [-0.2, -0.15) is 11.8 Å². The smallest absolute Gasteiger partial charge is 0.0418 e. The molecule has 62 valence electrons. The predicted molar refractivity (Wildman–Crippen MR) is 52.1 cm³/mol. The average Bonchev–Trinajstić information content (AvgIpc) is 2.52. The summed E-state index contributed by atoms with van der Waals surface area (Å²) in [5, 5.41) is 0. The van der Waals surface area contributed by atoms with Gasteiger partial charge >= 0.3 is 0 Å². The Morgan fingerprint density at radius 3 is 2.45 bits per heavy atom. The first-order chi connectivity index (χ1) is 5.38. The summed E-state index contributed by atoms with van der Waals surface area (Å²) in [7, 11) is 0. The zero-order valence-electron chi connectivity index (χ0n) is 7.16. The minimum absolute atomic E-state index is 0.681. The molecule has 0 radical (unpaired) electrons. The fraction of sp³-hybridized carbons (Fsp3) is 0.556. The van der Waals surface area contributed by atoms with E-state index in [4.69, 9.17) is 0 Å². The largest absolute Gasteiger partial charge is 0.350 e. The van der Waals surface area contributed by atoms with E-state index in [9.17, 15) is 0 Å². The summed E-state index contributed by atoms with van der Waals surface area (Å²) in [5.41, 5.74) is 0. The van der Waals surface area contributed by atoms with E-state index in [1.54, 1.807) is 0 Å². The lowest BCUT2D eigenvalue weighted by Gasteiger charge is -2.14. The summed E-state index contributed by atoms with van der Waals surface area (Å²) < 4.78 is 2.29. The second-order valence-electron chi connectivity index (χ2n) is 2.65. The molecule has 0 aromatic carbocycles. The van der Waals surface area contributed by atoms with Crippen LogP contribution < -0.4 is 0 Å². The van der Waals surface area contributed by atoms with Gasteiger partial charge in [-0.3, -0.25) is 0 Å². The van der Waals surface area contributed by atoms with E-state index >= 15 is 0 Å². The molecular weight excluding hydrogens is 154 g/mol. The van der Waals surface area contributed by atoms with Crippen LogP contribution in [0.25, 0.3) is 0 Å². The zero-order chi connectivity index (χ0) is 8.10. The van der Waals surface area contributed by atoms with E-state index in [-0.39, 0.29) is 0 Å². The minimum Gasteiger partial charge on any atom is -0.350 e. The van der Waals surface area contributed by atoms with Crippen LogP contribution in [0.3, 0.4) is 0 Å². The molecule has 0 N–H and O–H groups in total. The molecule has 0 amide bonds. The Morgan fingerprint density at radius 2 is 2.00 bits per heavy atom. The van der Waals surface area contributed by atoms with Crippen molar-refractivity contribution < 1.29 is 0 Å². The Labute approximate surface area is 72.8 Å². The van der Waals surface area contributed by atoms with Gasteiger partial charge in [0.2, 0.25) is 0 Å². The molecule has 0 fully saturated rings. The molecule has 1 aromatic heterocycles. The van der Waals surface area contributed by atoms with Gasteiger partial charge in [0.25, 0.3) is 0 Å². The Morgan fingerprint density at radius 1 is 1.36 bits per heavy atom. The van der Waals surface area contributed by atoms with E-state index in [2.05, 4.69) is 42.3 Å². The summed E-state index contributed by atoms with van der Waals surface area (Å²) in [6.45, 7) is 2.24. The molecule has 0 aliphatic rings. The molecule has 1 aromatic rings. The van der Waals surface area contributed by atoms with Gasteiger partial charge in [0.05, 0.1) is 0 Å². The maximum atomic E-state index is 2.29.